The van der Waals surface area contributed by atoms with Gasteiger partial charge in [0.25, 0.3) is 5.91 Å². The first-order chi connectivity index (χ1) is 7.74. The first-order valence-electron chi connectivity index (χ1n) is 4.55. The molecule has 0 aliphatic carbocycles. The van der Waals surface area contributed by atoms with E-state index in [1.165, 1.54) is 24.3 Å². The van der Waals surface area contributed by atoms with Gasteiger partial charge in [-0.1, -0.05) is 0 Å². The Kier molecular flexibility index (Phi) is 2.50. The molecular weight excluding hydrogens is 208 g/mol. The molecule has 3 N–H and O–H groups in total. The van der Waals surface area contributed by atoms with Crippen LogP contribution in [-0.4, -0.2) is 32.7 Å². The molecule has 2 aromatic rings. The van der Waals surface area contributed by atoms with Gasteiger partial charge in [-0.3, -0.25) is 4.79 Å². The first-order valence-corrected chi connectivity index (χ1v) is 4.55. The molecule has 7 heteroatoms. The van der Waals surface area contributed by atoms with Gasteiger partial charge in [0.05, 0.1) is 18.6 Å². The Morgan fingerprint density at radius 3 is 2.69 bits per heavy atom. The van der Waals surface area contributed by atoms with Crippen LogP contribution in [0.5, 0.6) is 0 Å². The fourth-order valence-electron chi connectivity index (χ4n) is 1.27. The molecule has 0 aliphatic heterocycles. The summed E-state index contributed by atoms with van der Waals surface area (Å²) in [6, 6.07) is 0. The zero-order valence-corrected chi connectivity index (χ0v) is 8.58. The van der Waals surface area contributed by atoms with Crippen molar-refractivity contribution >= 4 is 11.7 Å². The van der Waals surface area contributed by atoms with E-state index in [1.54, 1.807) is 12.4 Å². The number of rotatable bonds is 2. The number of nitrogen functional groups attached to an aromatic ring is 1. The fourth-order valence-corrected chi connectivity index (χ4v) is 1.27. The van der Waals surface area contributed by atoms with Crippen molar-refractivity contribution in [2.24, 2.45) is 0 Å². The van der Waals surface area contributed by atoms with E-state index in [4.69, 9.17) is 5.73 Å². The van der Waals surface area contributed by atoms with Crippen LogP contribution >= 0.6 is 0 Å². The number of aromatic nitrogens is 4. The van der Waals surface area contributed by atoms with Crippen LogP contribution in [-0.2, 0) is 0 Å². The van der Waals surface area contributed by atoms with Crippen molar-refractivity contribution in [1.82, 2.24) is 25.1 Å². The highest BCUT2D eigenvalue weighted by molar-refractivity contribution is 5.98. The summed E-state index contributed by atoms with van der Waals surface area (Å²) in [5.41, 5.74) is 6.73. The van der Waals surface area contributed by atoms with Crippen LogP contribution < -0.4 is 11.1 Å². The number of hydrogen-bond donors (Lipinski definition) is 2. The monoisotopic (exact) mass is 218 g/mol. The SMILES string of the molecule is CNC(=O)c1cnn(-c2cncnc2)c1N. The molecule has 7 nitrogen and oxygen atoms in total. The van der Waals surface area contributed by atoms with Crippen molar-refractivity contribution in [2.75, 3.05) is 12.8 Å². The van der Waals surface area contributed by atoms with E-state index in [-0.39, 0.29) is 11.7 Å². The largest absolute Gasteiger partial charge is 0.383 e. The molecule has 0 aliphatic rings. The van der Waals surface area contributed by atoms with Crippen molar-refractivity contribution in [3.05, 3.63) is 30.5 Å². The maximum atomic E-state index is 11.4. The van der Waals surface area contributed by atoms with E-state index in [2.05, 4.69) is 20.4 Å². The van der Waals surface area contributed by atoms with E-state index in [0.717, 1.165) is 0 Å². The normalized spacial score (nSPS) is 10.1. The van der Waals surface area contributed by atoms with Crippen molar-refractivity contribution in [1.29, 1.82) is 0 Å². The lowest BCUT2D eigenvalue weighted by molar-refractivity contribution is 0.0964. The third kappa shape index (κ3) is 1.58. The van der Waals surface area contributed by atoms with Gasteiger partial charge in [0, 0.05) is 7.05 Å². The molecule has 0 atom stereocenters. The minimum Gasteiger partial charge on any atom is -0.383 e. The van der Waals surface area contributed by atoms with Gasteiger partial charge < -0.3 is 11.1 Å². The van der Waals surface area contributed by atoms with Crippen molar-refractivity contribution < 1.29 is 4.79 Å². The summed E-state index contributed by atoms with van der Waals surface area (Å²) in [5, 5.41) is 6.49. The molecule has 16 heavy (non-hydrogen) atoms. The Hall–Kier alpha value is -2.44. The van der Waals surface area contributed by atoms with Crippen LogP contribution in [0, 0.1) is 0 Å². The number of carbonyl (C=O) groups is 1. The molecule has 0 saturated heterocycles. The number of nitrogens with zero attached hydrogens (tertiary/aromatic N) is 4. The molecule has 0 spiro atoms. The Morgan fingerprint density at radius 2 is 2.06 bits per heavy atom. The number of hydrogen-bond acceptors (Lipinski definition) is 5. The molecule has 0 aromatic carbocycles. The van der Waals surface area contributed by atoms with E-state index in [9.17, 15) is 4.79 Å². The van der Waals surface area contributed by atoms with Gasteiger partial charge >= 0.3 is 0 Å². The van der Waals surface area contributed by atoms with Gasteiger partial charge in [0.15, 0.2) is 0 Å². The van der Waals surface area contributed by atoms with Gasteiger partial charge in [-0.2, -0.15) is 5.10 Å². The molecule has 82 valence electrons. The maximum Gasteiger partial charge on any atom is 0.256 e. The number of nitrogens with one attached hydrogen (secondary N) is 1. The van der Waals surface area contributed by atoms with E-state index in [1.807, 2.05) is 0 Å². The molecule has 0 bridgehead atoms. The van der Waals surface area contributed by atoms with Crippen molar-refractivity contribution in [2.45, 2.75) is 0 Å². The second-order valence-electron chi connectivity index (χ2n) is 3.03. The quantitative estimate of drug-likeness (QED) is 0.714. The summed E-state index contributed by atoms with van der Waals surface area (Å²) in [7, 11) is 1.53. The Morgan fingerprint density at radius 1 is 1.38 bits per heavy atom. The van der Waals surface area contributed by atoms with Crippen LogP contribution in [0.25, 0.3) is 5.69 Å². The number of nitrogens with two attached hydrogens (primary N) is 1. The second kappa shape index (κ2) is 3.97. The minimum atomic E-state index is -0.277. The molecular formula is C9H10N6O. The maximum absolute atomic E-state index is 11.4. The highest BCUT2D eigenvalue weighted by atomic mass is 16.1. The van der Waals surface area contributed by atoms with Gasteiger partial charge in [0.1, 0.15) is 23.4 Å². The predicted molar refractivity (Wildman–Crippen MR) is 57.0 cm³/mol. The van der Waals surface area contributed by atoms with Crippen LogP contribution in [0.1, 0.15) is 10.4 Å². The fraction of sp³-hybridized carbons (Fsp3) is 0.111. The highest BCUT2D eigenvalue weighted by Crippen LogP contribution is 2.15. The molecule has 2 aromatic heterocycles. The Bertz CT molecular complexity index is 506. The topological polar surface area (TPSA) is 98.7 Å². The first kappa shape index (κ1) is 10.1. The van der Waals surface area contributed by atoms with E-state index < -0.39 is 0 Å². The smallest absolute Gasteiger partial charge is 0.256 e. The summed E-state index contributed by atoms with van der Waals surface area (Å²) in [5.74, 6) is -0.0188. The third-order valence-corrected chi connectivity index (χ3v) is 2.07. The average molecular weight is 218 g/mol. The summed E-state index contributed by atoms with van der Waals surface area (Å²) in [4.78, 5) is 19.1. The zero-order chi connectivity index (χ0) is 11.5. The van der Waals surface area contributed by atoms with Gasteiger partial charge in [-0.15, -0.1) is 0 Å². The summed E-state index contributed by atoms with van der Waals surface area (Å²) < 4.78 is 1.41. The molecule has 1 amide bonds. The van der Waals surface area contributed by atoms with Gasteiger partial charge in [0.2, 0.25) is 0 Å². The molecule has 0 fully saturated rings. The lowest BCUT2D eigenvalue weighted by atomic mass is 10.3. The Balaban J connectivity index is 2.45. The van der Waals surface area contributed by atoms with Crippen LogP contribution in [0.4, 0.5) is 5.82 Å². The number of amides is 1. The highest BCUT2D eigenvalue weighted by Gasteiger charge is 2.14. The average Bonchev–Trinajstić information content (AvgIpc) is 2.71. The molecule has 0 saturated carbocycles. The van der Waals surface area contributed by atoms with Crippen LogP contribution in [0.2, 0.25) is 0 Å². The summed E-state index contributed by atoms with van der Waals surface area (Å²) in [6.45, 7) is 0. The number of anilines is 1. The van der Waals surface area contributed by atoms with Crippen molar-refractivity contribution in [3.8, 4) is 5.69 Å². The third-order valence-electron chi connectivity index (χ3n) is 2.07. The summed E-state index contributed by atoms with van der Waals surface area (Å²) >= 11 is 0. The molecule has 0 unspecified atom stereocenters. The second-order valence-corrected chi connectivity index (χ2v) is 3.03. The van der Waals surface area contributed by atoms with Gasteiger partial charge in [-0.05, 0) is 0 Å². The van der Waals surface area contributed by atoms with Gasteiger partial charge in [-0.25, -0.2) is 14.6 Å². The molecule has 2 rings (SSSR count). The molecule has 2 heterocycles. The molecule has 0 radical (unpaired) electrons. The standard InChI is InChI=1S/C9H10N6O/c1-11-9(16)7-4-14-15(8(7)10)6-2-12-5-13-3-6/h2-5H,10H2,1H3,(H,11,16). The van der Waals surface area contributed by atoms with E-state index in [0.29, 0.717) is 11.3 Å². The predicted octanol–water partition coefficient (Wildman–Crippen LogP) is -0.396. The minimum absolute atomic E-state index is 0.258. The lowest BCUT2D eigenvalue weighted by Gasteiger charge is -2.03. The van der Waals surface area contributed by atoms with Crippen LogP contribution in [0.3, 0.4) is 0 Å². The van der Waals surface area contributed by atoms with Crippen molar-refractivity contribution in [3.63, 3.8) is 0 Å². The van der Waals surface area contributed by atoms with E-state index >= 15 is 0 Å². The summed E-state index contributed by atoms with van der Waals surface area (Å²) in [6.07, 6.45) is 5.93. The zero-order valence-electron chi connectivity index (χ0n) is 8.58. The lowest BCUT2D eigenvalue weighted by Crippen LogP contribution is -2.19. The van der Waals surface area contributed by atoms with Crippen LogP contribution in [0.15, 0.2) is 24.9 Å². The Labute approximate surface area is 91.3 Å². The number of carbonyl (C=O) groups excluding carboxylic acids is 1.